The van der Waals surface area contributed by atoms with Crippen LogP contribution in [0.4, 0.5) is 5.82 Å². The van der Waals surface area contributed by atoms with Crippen LogP contribution >= 0.6 is 11.3 Å². The van der Waals surface area contributed by atoms with E-state index in [1.54, 1.807) is 12.4 Å². The van der Waals surface area contributed by atoms with Gasteiger partial charge in [0.15, 0.2) is 0 Å². The molecule has 0 aliphatic heterocycles. The summed E-state index contributed by atoms with van der Waals surface area (Å²) in [6, 6.07) is -0.364. The highest BCUT2D eigenvalue weighted by Crippen LogP contribution is 2.07. The minimum atomic E-state index is -0.377. The first-order chi connectivity index (χ1) is 5.20. The molecule has 0 aliphatic rings. The molecule has 5 heteroatoms. The smallest absolute Gasteiger partial charge is 0.239 e. The molecule has 0 saturated heterocycles. The topological polar surface area (TPSA) is 68.0 Å². The molecule has 60 valence electrons. The number of hydrogen-bond acceptors (Lipinski definition) is 4. The zero-order valence-corrected chi connectivity index (χ0v) is 6.89. The molecule has 0 saturated carbocycles. The number of aromatic nitrogens is 1. The van der Waals surface area contributed by atoms with E-state index < -0.39 is 0 Å². The van der Waals surface area contributed by atoms with Gasteiger partial charge >= 0.3 is 0 Å². The summed E-state index contributed by atoms with van der Waals surface area (Å²) in [5, 5.41) is 4.66. The van der Waals surface area contributed by atoms with Gasteiger partial charge in [-0.15, -0.1) is 11.3 Å². The van der Waals surface area contributed by atoms with Crippen LogP contribution < -0.4 is 11.1 Å². The molecule has 11 heavy (non-hydrogen) atoms. The third kappa shape index (κ3) is 2.19. The Hall–Kier alpha value is -1.10. The van der Waals surface area contributed by atoms with E-state index in [0.29, 0.717) is 5.82 Å². The number of carbonyl (C=O) groups is 1. The van der Waals surface area contributed by atoms with E-state index in [0.717, 1.165) is 0 Å². The third-order valence-corrected chi connectivity index (χ3v) is 1.81. The Balaban J connectivity index is 2.50. The van der Waals surface area contributed by atoms with Crippen molar-refractivity contribution in [1.29, 1.82) is 0 Å². The lowest BCUT2D eigenvalue weighted by Crippen LogP contribution is -2.32. The first kappa shape index (κ1) is 8.00. The van der Waals surface area contributed by atoms with Gasteiger partial charge in [0.2, 0.25) is 5.91 Å². The van der Waals surface area contributed by atoms with Gasteiger partial charge in [0.05, 0.1) is 5.51 Å². The van der Waals surface area contributed by atoms with E-state index >= 15 is 0 Å². The Morgan fingerprint density at radius 2 is 2.64 bits per heavy atom. The number of nitrogens with two attached hydrogens (primary N) is 1. The molecule has 1 aromatic heterocycles. The van der Waals surface area contributed by atoms with Gasteiger partial charge in [-0.2, -0.15) is 0 Å². The van der Waals surface area contributed by atoms with Crippen molar-refractivity contribution in [2.75, 3.05) is 5.32 Å². The minimum Gasteiger partial charge on any atom is -0.368 e. The van der Waals surface area contributed by atoms with Gasteiger partial charge in [0.25, 0.3) is 0 Å². The molecule has 1 rings (SSSR count). The van der Waals surface area contributed by atoms with Gasteiger partial charge in [0.1, 0.15) is 11.9 Å². The second-order valence-electron chi connectivity index (χ2n) is 2.14. The Labute approximate surface area is 68.4 Å². The summed E-state index contributed by atoms with van der Waals surface area (Å²) >= 11 is 1.47. The maximum Gasteiger partial charge on any atom is 0.239 e. The summed E-state index contributed by atoms with van der Waals surface area (Å²) in [5.74, 6) is 0.319. The zero-order valence-electron chi connectivity index (χ0n) is 6.07. The first-order valence-electron chi connectivity index (χ1n) is 3.14. The molecule has 0 fully saturated rings. The SMILES string of the molecule is C[C@H](Nc1cscn1)C(N)=O. The van der Waals surface area contributed by atoms with Crippen LogP contribution in [0.5, 0.6) is 0 Å². The highest BCUT2D eigenvalue weighted by Gasteiger charge is 2.07. The maximum atomic E-state index is 10.6. The van der Waals surface area contributed by atoms with Crippen LogP contribution in [0.25, 0.3) is 0 Å². The van der Waals surface area contributed by atoms with Crippen molar-refractivity contribution in [3.05, 3.63) is 10.9 Å². The van der Waals surface area contributed by atoms with Crippen molar-refractivity contribution < 1.29 is 4.79 Å². The number of nitrogens with zero attached hydrogens (tertiary/aromatic N) is 1. The van der Waals surface area contributed by atoms with Gasteiger partial charge in [-0.3, -0.25) is 4.79 Å². The fourth-order valence-electron chi connectivity index (χ4n) is 0.577. The molecule has 1 amide bonds. The molecule has 1 atom stereocenters. The van der Waals surface area contributed by atoms with Crippen LogP contribution in [0, 0.1) is 0 Å². The number of thiazole rings is 1. The van der Waals surface area contributed by atoms with E-state index in [1.807, 2.05) is 5.38 Å². The van der Waals surface area contributed by atoms with E-state index in [-0.39, 0.29) is 11.9 Å². The van der Waals surface area contributed by atoms with Gasteiger partial charge in [-0.1, -0.05) is 0 Å². The largest absolute Gasteiger partial charge is 0.368 e. The summed E-state index contributed by atoms with van der Waals surface area (Å²) in [4.78, 5) is 14.5. The number of nitrogens with one attached hydrogen (secondary N) is 1. The molecule has 1 heterocycles. The van der Waals surface area contributed by atoms with Gasteiger partial charge in [-0.05, 0) is 6.92 Å². The number of rotatable bonds is 3. The number of anilines is 1. The van der Waals surface area contributed by atoms with Gasteiger partial charge in [-0.25, -0.2) is 4.98 Å². The van der Waals surface area contributed by atoms with E-state index in [2.05, 4.69) is 10.3 Å². The standard InChI is InChI=1S/C6H9N3OS/c1-4(6(7)10)9-5-2-11-3-8-5/h2-4,9H,1H3,(H2,7,10)/t4-/m0/s1. The maximum absolute atomic E-state index is 10.6. The van der Waals surface area contributed by atoms with Crippen LogP contribution in [0.1, 0.15) is 6.92 Å². The van der Waals surface area contributed by atoms with Gasteiger partial charge < -0.3 is 11.1 Å². The summed E-state index contributed by atoms with van der Waals surface area (Å²) in [6.07, 6.45) is 0. The molecule has 0 aliphatic carbocycles. The fourth-order valence-corrected chi connectivity index (χ4v) is 1.07. The highest BCUT2D eigenvalue weighted by molar-refractivity contribution is 7.07. The number of primary amides is 1. The first-order valence-corrected chi connectivity index (χ1v) is 4.08. The average Bonchev–Trinajstić information content (AvgIpc) is 2.39. The Morgan fingerprint density at radius 1 is 1.91 bits per heavy atom. The second kappa shape index (κ2) is 3.34. The van der Waals surface area contributed by atoms with Crippen LogP contribution in [0.2, 0.25) is 0 Å². The predicted octanol–water partition coefficient (Wildman–Crippen LogP) is 0.429. The van der Waals surface area contributed by atoms with E-state index in [1.165, 1.54) is 11.3 Å². The third-order valence-electron chi connectivity index (χ3n) is 1.22. The minimum absolute atomic E-state index is 0.364. The molecule has 4 nitrogen and oxygen atoms in total. The zero-order chi connectivity index (χ0) is 8.27. The molecule has 0 spiro atoms. The molecule has 0 bridgehead atoms. The summed E-state index contributed by atoms with van der Waals surface area (Å²) in [5.41, 5.74) is 6.72. The molecule has 0 unspecified atom stereocenters. The van der Waals surface area contributed by atoms with Crippen molar-refractivity contribution in [3.63, 3.8) is 0 Å². The quantitative estimate of drug-likeness (QED) is 0.693. The molecular formula is C6H9N3OS. The number of amides is 1. The summed E-state index contributed by atoms with van der Waals surface area (Å²) in [6.45, 7) is 1.70. The Morgan fingerprint density at radius 3 is 3.09 bits per heavy atom. The van der Waals surface area contributed by atoms with Crippen LogP contribution in [0.3, 0.4) is 0 Å². The van der Waals surface area contributed by atoms with Crippen molar-refractivity contribution in [2.24, 2.45) is 5.73 Å². The van der Waals surface area contributed by atoms with E-state index in [4.69, 9.17) is 5.73 Å². The lowest BCUT2D eigenvalue weighted by Gasteiger charge is -2.07. The second-order valence-corrected chi connectivity index (χ2v) is 2.86. The summed E-state index contributed by atoms with van der Waals surface area (Å²) in [7, 11) is 0. The van der Waals surface area contributed by atoms with Crippen LogP contribution in [-0.4, -0.2) is 16.9 Å². The highest BCUT2D eigenvalue weighted by atomic mass is 32.1. The molecular weight excluding hydrogens is 162 g/mol. The number of hydrogen-bond donors (Lipinski definition) is 2. The van der Waals surface area contributed by atoms with Crippen LogP contribution in [-0.2, 0) is 4.79 Å². The van der Waals surface area contributed by atoms with Crippen molar-refractivity contribution in [3.8, 4) is 0 Å². The van der Waals surface area contributed by atoms with Crippen molar-refractivity contribution in [2.45, 2.75) is 13.0 Å². The molecule has 3 N–H and O–H groups in total. The van der Waals surface area contributed by atoms with Crippen LogP contribution in [0.15, 0.2) is 10.9 Å². The van der Waals surface area contributed by atoms with E-state index in [9.17, 15) is 4.79 Å². The fraction of sp³-hybridized carbons (Fsp3) is 0.333. The normalized spacial score (nSPS) is 12.5. The monoisotopic (exact) mass is 171 g/mol. The Bertz CT molecular complexity index is 234. The van der Waals surface area contributed by atoms with Crippen molar-refractivity contribution >= 4 is 23.1 Å². The van der Waals surface area contributed by atoms with Crippen molar-refractivity contribution in [1.82, 2.24) is 4.98 Å². The number of carbonyl (C=O) groups excluding carboxylic acids is 1. The lowest BCUT2D eigenvalue weighted by molar-refractivity contribution is -0.118. The Kier molecular flexibility index (Phi) is 2.43. The van der Waals surface area contributed by atoms with Gasteiger partial charge in [0, 0.05) is 5.38 Å². The molecule has 0 aromatic carbocycles. The molecule has 0 radical (unpaired) electrons. The molecule has 1 aromatic rings. The average molecular weight is 171 g/mol. The summed E-state index contributed by atoms with van der Waals surface area (Å²) < 4.78 is 0. The lowest BCUT2D eigenvalue weighted by atomic mass is 10.3. The predicted molar refractivity (Wildman–Crippen MR) is 44.4 cm³/mol.